The summed E-state index contributed by atoms with van der Waals surface area (Å²) in [7, 11) is 0. The molecule has 3 heteroatoms. The average Bonchev–Trinajstić information content (AvgIpc) is 2.74. The molecule has 2 fully saturated rings. The van der Waals surface area contributed by atoms with Gasteiger partial charge in [0.2, 0.25) is 0 Å². The van der Waals surface area contributed by atoms with Crippen LogP contribution in [0.25, 0.3) is 0 Å². The Morgan fingerprint density at radius 1 is 1.37 bits per heavy atom. The van der Waals surface area contributed by atoms with Crippen molar-refractivity contribution in [1.82, 2.24) is 10.2 Å². The highest BCUT2D eigenvalue weighted by Gasteiger charge is 2.30. The van der Waals surface area contributed by atoms with Crippen molar-refractivity contribution in [2.75, 3.05) is 32.8 Å². The third kappa shape index (κ3) is 4.17. The van der Waals surface area contributed by atoms with E-state index in [-0.39, 0.29) is 0 Å². The number of hydrogen-bond acceptors (Lipinski definition) is 3. The second-order valence-corrected chi connectivity index (χ2v) is 6.43. The first-order valence-electron chi connectivity index (χ1n) is 8.31. The minimum absolute atomic E-state index is 0.512. The van der Waals surface area contributed by atoms with Gasteiger partial charge >= 0.3 is 0 Å². The molecule has 0 aliphatic carbocycles. The van der Waals surface area contributed by atoms with Crippen molar-refractivity contribution in [3.63, 3.8) is 0 Å². The number of nitrogens with zero attached hydrogens (tertiary/aromatic N) is 1. The first kappa shape index (κ1) is 15.3. The molecule has 0 aromatic carbocycles. The molecule has 2 aliphatic heterocycles. The topological polar surface area (TPSA) is 24.5 Å². The Morgan fingerprint density at radius 2 is 2.21 bits per heavy atom. The highest BCUT2D eigenvalue weighted by molar-refractivity contribution is 4.84. The van der Waals surface area contributed by atoms with E-state index >= 15 is 0 Å². The van der Waals surface area contributed by atoms with Crippen LogP contribution in [0.1, 0.15) is 46.5 Å². The Bertz CT molecular complexity index is 259. The van der Waals surface area contributed by atoms with Gasteiger partial charge in [-0.3, -0.25) is 0 Å². The highest BCUT2D eigenvalue weighted by Crippen LogP contribution is 2.25. The Morgan fingerprint density at radius 3 is 2.95 bits per heavy atom. The van der Waals surface area contributed by atoms with E-state index in [2.05, 4.69) is 31.0 Å². The molecular weight excluding hydrogens is 236 g/mol. The SMILES string of the molecule is CCC(C)C1CN(CC2CCOC2CC)CCCN1. The van der Waals surface area contributed by atoms with Gasteiger partial charge in [-0.05, 0) is 44.2 Å². The molecule has 0 spiro atoms. The van der Waals surface area contributed by atoms with E-state index in [0.29, 0.717) is 12.1 Å². The van der Waals surface area contributed by atoms with E-state index in [4.69, 9.17) is 4.74 Å². The van der Waals surface area contributed by atoms with Crippen molar-refractivity contribution in [2.24, 2.45) is 11.8 Å². The zero-order valence-electron chi connectivity index (χ0n) is 13.0. The maximum absolute atomic E-state index is 5.84. The largest absolute Gasteiger partial charge is 0.378 e. The minimum Gasteiger partial charge on any atom is -0.378 e. The van der Waals surface area contributed by atoms with Crippen molar-refractivity contribution < 1.29 is 4.74 Å². The lowest BCUT2D eigenvalue weighted by molar-refractivity contribution is 0.0743. The van der Waals surface area contributed by atoms with Gasteiger partial charge in [0.1, 0.15) is 0 Å². The van der Waals surface area contributed by atoms with Crippen LogP contribution in [0, 0.1) is 11.8 Å². The van der Waals surface area contributed by atoms with E-state index in [1.807, 2.05) is 0 Å². The summed E-state index contributed by atoms with van der Waals surface area (Å²) in [5.74, 6) is 1.54. The van der Waals surface area contributed by atoms with Crippen molar-refractivity contribution in [1.29, 1.82) is 0 Å². The molecule has 0 radical (unpaired) electrons. The average molecular weight is 268 g/mol. The molecule has 0 amide bonds. The number of rotatable bonds is 5. The van der Waals surface area contributed by atoms with Gasteiger partial charge in [0.25, 0.3) is 0 Å². The molecule has 2 saturated heterocycles. The van der Waals surface area contributed by atoms with Gasteiger partial charge in [0, 0.05) is 25.7 Å². The fourth-order valence-electron chi connectivity index (χ4n) is 3.54. The van der Waals surface area contributed by atoms with Crippen LogP contribution < -0.4 is 5.32 Å². The van der Waals surface area contributed by atoms with Gasteiger partial charge in [0.15, 0.2) is 0 Å². The fourth-order valence-corrected chi connectivity index (χ4v) is 3.54. The molecule has 112 valence electrons. The standard InChI is InChI=1S/C16H32N2O/c1-4-13(3)15-12-18(9-6-8-17-15)11-14-7-10-19-16(14)5-2/h13-17H,4-12H2,1-3H3. The minimum atomic E-state index is 0.512. The maximum atomic E-state index is 5.84. The molecule has 19 heavy (non-hydrogen) atoms. The normalized spacial score (nSPS) is 35.2. The quantitative estimate of drug-likeness (QED) is 0.829. The summed E-state index contributed by atoms with van der Waals surface area (Å²) in [4.78, 5) is 2.69. The van der Waals surface area contributed by atoms with Crippen LogP contribution in [-0.2, 0) is 4.74 Å². The van der Waals surface area contributed by atoms with Gasteiger partial charge in [-0.2, -0.15) is 0 Å². The molecule has 0 saturated carbocycles. The Hall–Kier alpha value is -0.120. The lowest BCUT2D eigenvalue weighted by atomic mass is 9.96. The lowest BCUT2D eigenvalue weighted by Gasteiger charge is -2.30. The molecule has 4 atom stereocenters. The molecule has 3 nitrogen and oxygen atoms in total. The molecule has 1 N–H and O–H groups in total. The highest BCUT2D eigenvalue weighted by atomic mass is 16.5. The molecule has 0 aromatic rings. The summed E-state index contributed by atoms with van der Waals surface area (Å²) in [6.45, 7) is 12.8. The number of ether oxygens (including phenoxy) is 1. The van der Waals surface area contributed by atoms with Crippen LogP contribution in [0.2, 0.25) is 0 Å². The summed E-state index contributed by atoms with van der Waals surface area (Å²) in [5.41, 5.74) is 0. The van der Waals surface area contributed by atoms with Gasteiger partial charge in [-0.15, -0.1) is 0 Å². The van der Waals surface area contributed by atoms with Gasteiger partial charge in [0.05, 0.1) is 6.10 Å². The summed E-state index contributed by atoms with van der Waals surface area (Å²) in [6.07, 6.45) is 5.51. The summed E-state index contributed by atoms with van der Waals surface area (Å²) >= 11 is 0. The Kier molecular flexibility index (Phi) is 6.11. The third-order valence-corrected chi connectivity index (χ3v) is 5.08. The molecule has 2 heterocycles. The summed E-state index contributed by atoms with van der Waals surface area (Å²) in [6, 6.07) is 0.676. The zero-order valence-corrected chi connectivity index (χ0v) is 13.0. The predicted octanol–water partition coefficient (Wildman–Crippen LogP) is 2.51. The second-order valence-electron chi connectivity index (χ2n) is 6.43. The Balaban J connectivity index is 1.87. The van der Waals surface area contributed by atoms with E-state index in [1.54, 1.807) is 0 Å². The van der Waals surface area contributed by atoms with Crippen molar-refractivity contribution in [2.45, 2.75) is 58.6 Å². The van der Waals surface area contributed by atoms with E-state index in [9.17, 15) is 0 Å². The molecule has 2 aliphatic rings. The first-order valence-corrected chi connectivity index (χ1v) is 8.31. The monoisotopic (exact) mass is 268 g/mol. The maximum Gasteiger partial charge on any atom is 0.0613 e. The van der Waals surface area contributed by atoms with Crippen LogP contribution in [0.5, 0.6) is 0 Å². The predicted molar refractivity (Wildman–Crippen MR) is 80.4 cm³/mol. The van der Waals surface area contributed by atoms with Crippen molar-refractivity contribution in [3.8, 4) is 0 Å². The van der Waals surface area contributed by atoms with Crippen LogP contribution in [0.15, 0.2) is 0 Å². The van der Waals surface area contributed by atoms with Crippen LogP contribution >= 0.6 is 0 Å². The van der Waals surface area contributed by atoms with Crippen LogP contribution in [0.3, 0.4) is 0 Å². The second kappa shape index (κ2) is 7.61. The Labute approximate surface area is 119 Å². The smallest absolute Gasteiger partial charge is 0.0613 e. The molecule has 0 aromatic heterocycles. The number of nitrogens with one attached hydrogen (secondary N) is 1. The van der Waals surface area contributed by atoms with Gasteiger partial charge in [-0.1, -0.05) is 27.2 Å². The lowest BCUT2D eigenvalue weighted by Crippen LogP contribution is -2.43. The van der Waals surface area contributed by atoms with Crippen LogP contribution in [0.4, 0.5) is 0 Å². The van der Waals surface area contributed by atoms with E-state index in [1.165, 1.54) is 51.9 Å². The summed E-state index contributed by atoms with van der Waals surface area (Å²) in [5, 5.41) is 3.74. The molecule has 2 rings (SSSR count). The van der Waals surface area contributed by atoms with Crippen molar-refractivity contribution >= 4 is 0 Å². The van der Waals surface area contributed by atoms with Gasteiger partial charge < -0.3 is 15.0 Å². The van der Waals surface area contributed by atoms with E-state index in [0.717, 1.165) is 18.4 Å². The zero-order chi connectivity index (χ0) is 13.7. The number of hydrogen-bond donors (Lipinski definition) is 1. The molecule has 4 unspecified atom stereocenters. The van der Waals surface area contributed by atoms with E-state index < -0.39 is 0 Å². The van der Waals surface area contributed by atoms with Crippen LogP contribution in [-0.4, -0.2) is 49.8 Å². The fraction of sp³-hybridized carbons (Fsp3) is 1.00. The third-order valence-electron chi connectivity index (χ3n) is 5.08. The van der Waals surface area contributed by atoms with Crippen molar-refractivity contribution in [3.05, 3.63) is 0 Å². The van der Waals surface area contributed by atoms with Gasteiger partial charge in [-0.25, -0.2) is 0 Å². The summed E-state index contributed by atoms with van der Waals surface area (Å²) < 4.78 is 5.84. The molecular formula is C16H32N2O. The first-order chi connectivity index (χ1) is 9.24. The molecule has 0 bridgehead atoms.